The highest BCUT2D eigenvalue weighted by Gasteiger charge is 2.09. The lowest BCUT2D eigenvalue weighted by atomic mass is 10.2. The van der Waals surface area contributed by atoms with Crippen molar-refractivity contribution in [3.63, 3.8) is 0 Å². The summed E-state index contributed by atoms with van der Waals surface area (Å²) >= 11 is 0. The monoisotopic (exact) mass is 319 g/mol. The van der Waals surface area contributed by atoms with Crippen LogP contribution in [0.15, 0.2) is 30.5 Å². The number of amides is 2. The maximum Gasteiger partial charge on any atom is 0.318 e. The summed E-state index contributed by atoms with van der Waals surface area (Å²) in [5.74, 6) is 0.813. The highest BCUT2D eigenvalue weighted by atomic mass is 16.5. The molecule has 0 saturated carbocycles. The first-order valence-electron chi connectivity index (χ1n) is 7.93. The number of benzene rings is 1. The van der Waals surface area contributed by atoms with Crippen molar-refractivity contribution in [1.29, 1.82) is 0 Å². The molecule has 0 aliphatic carbocycles. The Bertz CT molecular complexity index is 496. The zero-order chi connectivity index (χ0) is 16.3. The van der Waals surface area contributed by atoms with Gasteiger partial charge in [-0.2, -0.15) is 0 Å². The number of hydrogen-bond acceptors (Lipinski definition) is 4. The summed E-state index contributed by atoms with van der Waals surface area (Å²) in [5, 5.41) is 5.55. The van der Waals surface area contributed by atoms with Crippen LogP contribution < -0.4 is 15.4 Å². The SMILES string of the molecule is COc1ccc(/C=C/NC(=O)NCCCN2CCOCC2)cc1. The largest absolute Gasteiger partial charge is 0.497 e. The van der Waals surface area contributed by atoms with E-state index in [4.69, 9.17) is 9.47 Å². The van der Waals surface area contributed by atoms with Crippen LogP contribution in [0.4, 0.5) is 4.79 Å². The Morgan fingerprint density at radius 3 is 2.74 bits per heavy atom. The van der Waals surface area contributed by atoms with E-state index in [0.717, 1.165) is 50.6 Å². The third kappa shape index (κ3) is 6.71. The van der Waals surface area contributed by atoms with E-state index >= 15 is 0 Å². The molecule has 1 aromatic carbocycles. The molecule has 126 valence electrons. The topological polar surface area (TPSA) is 62.8 Å². The van der Waals surface area contributed by atoms with E-state index in [2.05, 4.69) is 15.5 Å². The normalized spacial score (nSPS) is 15.5. The predicted molar refractivity (Wildman–Crippen MR) is 90.4 cm³/mol. The molecule has 1 aromatic rings. The predicted octanol–water partition coefficient (Wildman–Crippen LogP) is 1.69. The molecule has 2 amide bonds. The van der Waals surface area contributed by atoms with Crippen molar-refractivity contribution in [1.82, 2.24) is 15.5 Å². The minimum Gasteiger partial charge on any atom is -0.497 e. The molecule has 1 fully saturated rings. The maximum absolute atomic E-state index is 11.7. The van der Waals surface area contributed by atoms with Gasteiger partial charge in [-0.3, -0.25) is 4.90 Å². The summed E-state index contributed by atoms with van der Waals surface area (Å²) in [6.07, 6.45) is 4.42. The van der Waals surface area contributed by atoms with Crippen LogP contribution in [-0.2, 0) is 4.74 Å². The third-order valence-electron chi connectivity index (χ3n) is 3.65. The Hall–Kier alpha value is -2.05. The molecule has 2 N–H and O–H groups in total. The average Bonchev–Trinajstić information content (AvgIpc) is 2.60. The zero-order valence-electron chi connectivity index (χ0n) is 13.6. The summed E-state index contributed by atoms with van der Waals surface area (Å²) in [5.41, 5.74) is 0.999. The number of nitrogens with zero attached hydrogens (tertiary/aromatic N) is 1. The first-order chi connectivity index (χ1) is 11.3. The lowest BCUT2D eigenvalue weighted by molar-refractivity contribution is 0.0375. The standard InChI is InChI=1S/C17H25N3O3/c1-22-16-5-3-15(4-6-16)7-9-19-17(21)18-8-2-10-20-11-13-23-14-12-20/h3-7,9H,2,8,10-14H2,1H3,(H2,18,19,21)/b9-7+. The van der Waals surface area contributed by atoms with E-state index in [9.17, 15) is 4.79 Å². The Balaban J connectivity index is 1.57. The van der Waals surface area contributed by atoms with Gasteiger partial charge in [0.05, 0.1) is 20.3 Å². The Labute approximate surface area is 137 Å². The highest BCUT2D eigenvalue weighted by Crippen LogP contribution is 2.11. The number of nitrogens with one attached hydrogen (secondary N) is 2. The lowest BCUT2D eigenvalue weighted by Crippen LogP contribution is -2.39. The van der Waals surface area contributed by atoms with Gasteiger partial charge in [0, 0.05) is 25.8 Å². The van der Waals surface area contributed by atoms with Gasteiger partial charge in [-0.05, 0) is 36.7 Å². The van der Waals surface area contributed by atoms with Crippen molar-refractivity contribution in [2.75, 3.05) is 46.5 Å². The fourth-order valence-corrected chi connectivity index (χ4v) is 2.31. The molecule has 1 aliphatic heterocycles. The molecule has 0 bridgehead atoms. The Morgan fingerprint density at radius 2 is 2.04 bits per heavy atom. The number of hydrogen-bond donors (Lipinski definition) is 2. The summed E-state index contributed by atoms with van der Waals surface area (Å²) < 4.78 is 10.4. The molecule has 1 saturated heterocycles. The van der Waals surface area contributed by atoms with Crippen molar-refractivity contribution >= 4 is 12.1 Å². The van der Waals surface area contributed by atoms with Gasteiger partial charge < -0.3 is 20.1 Å². The average molecular weight is 319 g/mol. The molecule has 6 heteroatoms. The van der Waals surface area contributed by atoms with Crippen molar-refractivity contribution in [2.45, 2.75) is 6.42 Å². The van der Waals surface area contributed by atoms with Gasteiger partial charge in [0.25, 0.3) is 0 Å². The molecule has 23 heavy (non-hydrogen) atoms. The molecule has 0 spiro atoms. The smallest absolute Gasteiger partial charge is 0.318 e. The summed E-state index contributed by atoms with van der Waals surface area (Å²) in [6.45, 7) is 5.24. The fraction of sp³-hybridized carbons (Fsp3) is 0.471. The van der Waals surface area contributed by atoms with Crippen LogP contribution in [0.5, 0.6) is 5.75 Å². The fourth-order valence-electron chi connectivity index (χ4n) is 2.31. The van der Waals surface area contributed by atoms with Crippen molar-refractivity contribution in [2.24, 2.45) is 0 Å². The van der Waals surface area contributed by atoms with Crippen LogP contribution in [0.2, 0.25) is 0 Å². The van der Waals surface area contributed by atoms with Crippen molar-refractivity contribution in [3.8, 4) is 5.75 Å². The highest BCUT2D eigenvalue weighted by molar-refractivity contribution is 5.75. The quantitative estimate of drug-likeness (QED) is 0.751. The van der Waals surface area contributed by atoms with Gasteiger partial charge >= 0.3 is 6.03 Å². The summed E-state index contributed by atoms with van der Waals surface area (Å²) in [6, 6.07) is 7.43. The van der Waals surface area contributed by atoms with Crippen LogP contribution >= 0.6 is 0 Å². The molecule has 6 nitrogen and oxygen atoms in total. The van der Waals surface area contributed by atoms with Crippen LogP contribution in [0.1, 0.15) is 12.0 Å². The number of methoxy groups -OCH3 is 1. The van der Waals surface area contributed by atoms with Gasteiger partial charge in [0.1, 0.15) is 5.75 Å². The minimum absolute atomic E-state index is 0.184. The molecule has 0 atom stereocenters. The second-order valence-corrected chi connectivity index (χ2v) is 5.31. The van der Waals surface area contributed by atoms with Crippen LogP contribution in [0.25, 0.3) is 6.08 Å². The number of ether oxygens (including phenoxy) is 2. The van der Waals surface area contributed by atoms with E-state index in [-0.39, 0.29) is 6.03 Å². The summed E-state index contributed by atoms with van der Waals surface area (Å²) in [7, 11) is 1.63. The summed E-state index contributed by atoms with van der Waals surface area (Å²) in [4.78, 5) is 14.0. The van der Waals surface area contributed by atoms with Crippen LogP contribution in [0.3, 0.4) is 0 Å². The zero-order valence-corrected chi connectivity index (χ0v) is 13.6. The van der Waals surface area contributed by atoms with Crippen LogP contribution in [0, 0.1) is 0 Å². The van der Waals surface area contributed by atoms with Crippen molar-refractivity contribution in [3.05, 3.63) is 36.0 Å². The van der Waals surface area contributed by atoms with Gasteiger partial charge in [0.15, 0.2) is 0 Å². The molecule has 2 rings (SSSR count). The molecular formula is C17H25N3O3. The second-order valence-electron chi connectivity index (χ2n) is 5.31. The number of urea groups is 1. The van der Waals surface area contributed by atoms with Gasteiger partial charge in [-0.15, -0.1) is 0 Å². The first kappa shape index (κ1) is 17.3. The third-order valence-corrected chi connectivity index (χ3v) is 3.65. The van der Waals surface area contributed by atoms with E-state index in [0.29, 0.717) is 6.54 Å². The van der Waals surface area contributed by atoms with Gasteiger partial charge in [-0.1, -0.05) is 12.1 Å². The number of carbonyl (C=O) groups is 1. The molecule has 0 unspecified atom stereocenters. The Morgan fingerprint density at radius 1 is 1.30 bits per heavy atom. The van der Waals surface area contributed by atoms with Crippen molar-refractivity contribution < 1.29 is 14.3 Å². The van der Waals surface area contributed by atoms with Gasteiger partial charge in [0.2, 0.25) is 0 Å². The number of morpholine rings is 1. The molecule has 0 aromatic heterocycles. The number of carbonyl (C=O) groups excluding carboxylic acids is 1. The van der Waals surface area contributed by atoms with E-state index < -0.39 is 0 Å². The maximum atomic E-state index is 11.7. The van der Waals surface area contributed by atoms with E-state index in [1.54, 1.807) is 13.3 Å². The van der Waals surface area contributed by atoms with Crippen LogP contribution in [-0.4, -0.2) is 57.4 Å². The molecule has 0 radical (unpaired) electrons. The Kier molecular flexibility index (Phi) is 7.42. The number of rotatable bonds is 7. The molecular weight excluding hydrogens is 294 g/mol. The van der Waals surface area contributed by atoms with E-state index in [1.165, 1.54) is 0 Å². The molecule has 1 heterocycles. The first-order valence-corrected chi connectivity index (χ1v) is 7.93. The van der Waals surface area contributed by atoms with E-state index in [1.807, 2.05) is 30.3 Å². The van der Waals surface area contributed by atoms with Gasteiger partial charge in [-0.25, -0.2) is 4.79 Å². The molecule has 1 aliphatic rings. The minimum atomic E-state index is -0.184. The lowest BCUT2D eigenvalue weighted by Gasteiger charge is -2.26. The second kappa shape index (κ2) is 9.86.